The fourth-order valence-electron chi connectivity index (χ4n) is 3.07. The van der Waals surface area contributed by atoms with Gasteiger partial charge in [-0.1, -0.05) is 6.07 Å². The molecule has 1 unspecified atom stereocenters. The van der Waals surface area contributed by atoms with Crippen LogP contribution in [-0.2, 0) is 11.3 Å². The summed E-state index contributed by atoms with van der Waals surface area (Å²) >= 11 is 1.64. The normalized spacial score (nSPS) is 17.0. The molecule has 124 valence electrons. The summed E-state index contributed by atoms with van der Waals surface area (Å²) in [5, 5.41) is 15.4. The van der Waals surface area contributed by atoms with E-state index in [1.54, 1.807) is 25.2 Å². The zero-order chi connectivity index (χ0) is 17.3. The molecule has 0 spiro atoms. The second kappa shape index (κ2) is 6.57. The molecule has 0 aromatic carbocycles. The van der Waals surface area contributed by atoms with Gasteiger partial charge in [0.1, 0.15) is 18.2 Å². The molecule has 24 heavy (non-hydrogen) atoms. The van der Waals surface area contributed by atoms with Crippen LogP contribution in [0.3, 0.4) is 0 Å². The molecule has 0 N–H and O–H groups in total. The molecule has 1 saturated heterocycles. The Bertz CT molecular complexity index is 864. The minimum atomic E-state index is -0.499. The van der Waals surface area contributed by atoms with Crippen molar-refractivity contribution in [3.05, 3.63) is 49.6 Å². The van der Waals surface area contributed by atoms with E-state index in [0.717, 1.165) is 17.5 Å². The molecule has 1 fully saturated rings. The Hall–Kier alpha value is -2.46. The number of aromatic nitrogens is 2. The van der Waals surface area contributed by atoms with Gasteiger partial charge in [0, 0.05) is 11.4 Å². The maximum Gasteiger partial charge on any atom is 0.285 e. The standard InChI is InChI=1S/C17H18N4O2S/c1-11-12(2)19-21(17(23)13(11)9-18)10-16(22)20-7-3-5-14(20)15-6-4-8-24-15/h4,6,8,14H,3,5,7,10H2,1-2H3. The average Bonchev–Trinajstić information content (AvgIpc) is 3.23. The molecule has 0 saturated carbocycles. The van der Waals surface area contributed by atoms with Crippen molar-refractivity contribution in [3.63, 3.8) is 0 Å². The Labute approximate surface area is 144 Å². The molecule has 2 aromatic heterocycles. The smallest absolute Gasteiger partial charge is 0.285 e. The summed E-state index contributed by atoms with van der Waals surface area (Å²) < 4.78 is 1.12. The van der Waals surface area contributed by atoms with Crippen LogP contribution in [0.2, 0.25) is 0 Å². The number of amides is 1. The van der Waals surface area contributed by atoms with E-state index < -0.39 is 5.56 Å². The predicted molar refractivity (Wildman–Crippen MR) is 90.7 cm³/mol. The largest absolute Gasteiger partial charge is 0.333 e. The minimum absolute atomic E-state index is 0.0616. The van der Waals surface area contributed by atoms with E-state index in [-0.39, 0.29) is 24.1 Å². The number of likely N-dealkylation sites (tertiary alicyclic amines) is 1. The van der Waals surface area contributed by atoms with Crippen molar-refractivity contribution < 1.29 is 4.79 Å². The van der Waals surface area contributed by atoms with Gasteiger partial charge in [-0.3, -0.25) is 9.59 Å². The monoisotopic (exact) mass is 342 g/mol. The lowest BCUT2D eigenvalue weighted by Gasteiger charge is -2.24. The lowest BCUT2D eigenvalue weighted by atomic mass is 10.1. The van der Waals surface area contributed by atoms with Crippen LogP contribution in [0.4, 0.5) is 0 Å². The van der Waals surface area contributed by atoms with Gasteiger partial charge in [0.05, 0.1) is 11.7 Å². The SMILES string of the molecule is Cc1nn(CC(=O)N2CCCC2c2cccs2)c(=O)c(C#N)c1C. The van der Waals surface area contributed by atoms with E-state index in [4.69, 9.17) is 0 Å². The maximum atomic E-state index is 12.7. The molecule has 1 aliphatic heterocycles. The van der Waals surface area contributed by atoms with Crippen molar-refractivity contribution in [1.82, 2.24) is 14.7 Å². The van der Waals surface area contributed by atoms with Gasteiger partial charge >= 0.3 is 0 Å². The van der Waals surface area contributed by atoms with Crippen LogP contribution in [0, 0.1) is 25.2 Å². The highest BCUT2D eigenvalue weighted by Gasteiger charge is 2.31. The molecule has 7 heteroatoms. The Morgan fingerprint density at radius 2 is 2.29 bits per heavy atom. The Kier molecular flexibility index (Phi) is 4.49. The first-order chi connectivity index (χ1) is 11.5. The van der Waals surface area contributed by atoms with Crippen molar-refractivity contribution in [2.45, 2.75) is 39.3 Å². The second-order valence-corrected chi connectivity index (χ2v) is 6.90. The number of carbonyl (C=O) groups is 1. The van der Waals surface area contributed by atoms with Gasteiger partial charge < -0.3 is 4.90 Å². The van der Waals surface area contributed by atoms with Crippen molar-refractivity contribution in [1.29, 1.82) is 5.26 Å². The van der Waals surface area contributed by atoms with Gasteiger partial charge in [-0.05, 0) is 43.7 Å². The molecule has 0 bridgehead atoms. The molecular formula is C17H18N4O2S. The van der Waals surface area contributed by atoms with Crippen LogP contribution in [-0.4, -0.2) is 27.1 Å². The highest BCUT2D eigenvalue weighted by atomic mass is 32.1. The van der Waals surface area contributed by atoms with Gasteiger partial charge in [-0.25, -0.2) is 4.68 Å². The van der Waals surface area contributed by atoms with Crippen molar-refractivity contribution >= 4 is 17.2 Å². The van der Waals surface area contributed by atoms with E-state index in [2.05, 4.69) is 5.10 Å². The van der Waals surface area contributed by atoms with Gasteiger partial charge in [0.2, 0.25) is 5.91 Å². The number of carbonyl (C=O) groups excluding carboxylic acids is 1. The maximum absolute atomic E-state index is 12.7. The summed E-state index contributed by atoms with van der Waals surface area (Å²) in [7, 11) is 0. The first-order valence-corrected chi connectivity index (χ1v) is 8.72. The molecular weight excluding hydrogens is 324 g/mol. The highest BCUT2D eigenvalue weighted by Crippen LogP contribution is 2.34. The summed E-state index contributed by atoms with van der Waals surface area (Å²) in [4.78, 5) is 28.0. The van der Waals surface area contributed by atoms with E-state index >= 15 is 0 Å². The second-order valence-electron chi connectivity index (χ2n) is 5.92. The molecule has 1 atom stereocenters. The summed E-state index contributed by atoms with van der Waals surface area (Å²) in [5.41, 5.74) is 0.728. The summed E-state index contributed by atoms with van der Waals surface area (Å²) in [5.74, 6) is -0.132. The van der Waals surface area contributed by atoms with Gasteiger partial charge in [0.25, 0.3) is 5.56 Å². The number of aryl methyl sites for hydroxylation is 1. The summed E-state index contributed by atoms with van der Waals surface area (Å²) in [6, 6.07) is 6.02. The van der Waals surface area contributed by atoms with Crippen LogP contribution in [0.5, 0.6) is 0 Å². The highest BCUT2D eigenvalue weighted by molar-refractivity contribution is 7.10. The summed E-state index contributed by atoms with van der Waals surface area (Å²) in [6.45, 7) is 3.99. The third-order valence-corrected chi connectivity index (χ3v) is 5.45. The van der Waals surface area contributed by atoms with Crippen molar-refractivity contribution in [2.24, 2.45) is 0 Å². The van der Waals surface area contributed by atoms with Crippen LogP contribution in [0.25, 0.3) is 0 Å². The predicted octanol–water partition coefficient (Wildman–Crippen LogP) is 2.16. The third-order valence-electron chi connectivity index (χ3n) is 4.48. The van der Waals surface area contributed by atoms with E-state index in [1.807, 2.05) is 28.5 Å². The molecule has 2 aromatic rings. The molecule has 1 amide bonds. The van der Waals surface area contributed by atoms with Crippen LogP contribution in [0.1, 0.15) is 40.6 Å². The number of thiophene rings is 1. The lowest BCUT2D eigenvalue weighted by Crippen LogP contribution is -2.38. The van der Waals surface area contributed by atoms with E-state index in [0.29, 0.717) is 17.8 Å². The van der Waals surface area contributed by atoms with Gasteiger partial charge in [-0.15, -0.1) is 11.3 Å². The number of nitrogens with zero attached hydrogens (tertiary/aromatic N) is 4. The number of rotatable bonds is 3. The fraction of sp³-hybridized carbons (Fsp3) is 0.412. The molecule has 6 nitrogen and oxygen atoms in total. The quantitative estimate of drug-likeness (QED) is 0.856. The molecule has 0 aliphatic carbocycles. The Morgan fingerprint density at radius 3 is 2.96 bits per heavy atom. The molecule has 0 radical (unpaired) electrons. The molecule has 3 rings (SSSR count). The average molecular weight is 342 g/mol. The van der Waals surface area contributed by atoms with Crippen molar-refractivity contribution in [2.75, 3.05) is 6.54 Å². The number of hydrogen-bond donors (Lipinski definition) is 0. The van der Waals surface area contributed by atoms with Crippen LogP contribution in [0.15, 0.2) is 22.3 Å². The number of hydrogen-bond acceptors (Lipinski definition) is 5. The Morgan fingerprint density at radius 1 is 1.50 bits per heavy atom. The zero-order valence-corrected chi connectivity index (χ0v) is 14.5. The van der Waals surface area contributed by atoms with Gasteiger partial charge in [0.15, 0.2) is 0 Å². The van der Waals surface area contributed by atoms with Crippen LogP contribution < -0.4 is 5.56 Å². The molecule has 3 heterocycles. The minimum Gasteiger partial charge on any atom is -0.333 e. The van der Waals surface area contributed by atoms with Gasteiger partial charge in [-0.2, -0.15) is 10.4 Å². The first-order valence-electron chi connectivity index (χ1n) is 7.84. The summed E-state index contributed by atoms with van der Waals surface area (Å²) in [6.07, 6.45) is 1.89. The van der Waals surface area contributed by atoms with Crippen LogP contribution >= 0.6 is 11.3 Å². The lowest BCUT2D eigenvalue weighted by molar-refractivity contribution is -0.133. The fourth-order valence-corrected chi connectivity index (χ4v) is 3.95. The first kappa shape index (κ1) is 16.4. The third kappa shape index (κ3) is 2.85. The van der Waals surface area contributed by atoms with E-state index in [1.165, 1.54) is 4.88 Å². The van der Waals surface area contributed by atoms with E-state index in [9.17, 15) is 14.9 Å². The Balaban J connectivity index is 1.87. The zero-order valence-electron chi connectivity index (χ0n) is 13.7. The van der Waals surface area contributed by atoms with Crippen molar-refractivity contribution in [3.8, 4) is 6.07 Å². The number of nitriles is 1. The molecule has 1 aliphatic rings. The topological polar surface area (TPSA) is 79.0 Å².